The average Bonchev–Trinajstić information content (AvgIpc) is 2.73. The number of nitrogens with one attached hydrogen (secondary N) is 1. The van der Waals surface area contributed by atoms with E-state index in [1.807, 2.05) is 6.07 Å². The Bertz CT molecular complexity index is 506. The minimum Gasteiger partial charge on any atom is -0.438 e. The Kier molecular flexibility index (Phi) is 2.55. The van der Waals surface area contributed by atoms with Crippen molar-refractivity contribution in [3.8, 4) is 0 Å². The number of halogens is 1. The van der Waals surface area contributed by atoms with Crippen molar-refractivity contribution in [3.05, 3.63) is 29.1 Å². The number of ether oxygens (including phenoxy) is 1. The van der Waals surface area contributed by atoms with Gasteiger partial charge in [-0.1, -0.05) is 11.6 Å². The molecule has 5 heteroatoms. The molecule has 3 rings (SSSR count). The fourth-order valence-electron chi connectivity index (χ4n) is 1.78. The van der Waals surface area contributed by atoms with Crippen LogP contribution in [0.25, 0.3) is 11.1 Å². The summed E-state index contributed by atoms with van der Waals surface area (Å²) in [5.74, 6) is 0.615. The average molecular weight is 239 g/mol. The smallest absolute Gasteiger partial charge is 0.225 e. The first-order chi connectivity index (χ1) is 7.83. The van der Waals surface area contributed by atoms with Gasteiger partial charge in [0, 0.05) is 24.2 Å². The highest BCUT2D eigenvalue weighted by atomic mass is 35.5. The predicted octanol–water partition coefficient (Wildman–Crippen LogP) is 2.14. The molecule has 0 bridgehead atoms. The molecule has 4 nitrogen and oxygen atoms in total. The molecular weight excluding hydrogens is 228 g/mol. The van der Waals surface area contributed by atoms with E-state index in [1.54, 1.807) is 12.1 Å². The Morgan fingerprint density at radius 3 is 3.19 bits per heavy atom. The summed E-state index contributed by atoms with van der Waals surface area (Å²) < 4.78 is 11.2. The lowest BCUT2D eigenvalue weighted by Gasteiger charge is -2.20. The molecule has 1 aliphatic rings. The van der Waals surface area contributed by atoms with Crippen LogP contribution in [0, 0.1) is 0 Å². The van der Waals surface area contributed by atoms with Gasteiger partial charge < -0.3 is 14.5 Å². The normalized spacial score (nSPS) is 21.4. The quantitative estimate of drug-likeness (QED) is 0.827. The fourth-order valence-corrected chi connectivity index (χ4v) is 1.94. The van der Waals surface area contributed by atoms with E-state index in [4.69, 9.17) is 20.8 Å². The highest BCUT2D eigenvalue weighted by Gasteiger charge is 2.21. The maximum atomic E-state index is 5.88. The summed E-state index contributed by atoms with van der Waals surface area (Å²) in [6.07, 6.45) is -0.0973. The summed E-state index contributed by atoms with van der Waals surface area (Å²) in [6, 6.07) is 5.42. The zero-order valence-electron chi connectivity index (χ0n) is 8.57. The number of hydrogen-bond acceptors (Lipinski definition) is 4. The molecule has 1 aromatic carbocycles. The molecule has 0 aliphatic carbocycles. The number of aromatic nitrogens is 1. The van der Waals surface area contributed by atoms with Gasteiger partial charge >= 0.3 is 0 Å². The predicted molar refractivity (Wildman–Crippen MR) is 60.6 cm³/mol. The summed E-state index contributed by atoms with van der Waals surface area (Å²) in [6.45, 7) is 2.30. The largest absolute Gasteiger partial charge is 0.438 e. The van der Waals surface area contributed by atoms with Gasteiger partial charge in [-0.3, -0.25) is 0 Å². The van der Waals surface area contributed by atoms with Crippen LogP contribution in [0.4, 0.5) is 0 Å². The highest BCUT2D eigenvalue weighted by molar-refractivity contribution is 6.31. The van der Waals surface area contributed by atoms with E-state index in [-0.39, 0.29) is 6.10 Å². The van der Waals surface area contributed by atoms with Crippen molar-refractivity contribution in [3.63, 3.8) is 0 Å². The van der Waals surface area contributed by atoms with E-state index in [0.717, 1.165) is 18.6 Å². The van der Waals surface area contributed by atoms with Gasteiger partial charge in [0.2, 0.25) is 5.89 Å². The molecule has 1 fully saturated rings. The Hall–Kier alpha value is -1.10. The topological polar surface area (TPSA) is 47.3 Å². The molecule has 2 aromatic rings. The number of morpholine rings is 1. The molecule has 84 valence electrons. The number of fused-ring (bicyclic) bond motifs is 1. The van der Waals surface area contributed by atoms with Crippen LogP contribution < -0.4 is 5.32 Å². The maximum absolute atomic E-state index is 5.88. The van der Waals surface area contributed by atoms with Crippen LogP contribution in [-0.4, -0.2) is 24.7 Å². The number of oxazole rings is 1. The van der Waals surface area contributed by atoms with Crippen molar-refractivity contribution >= 4 is 22.7 Å². The summed E-state index contributed by atoms with van der Waals surface area (Å²) in [4.78, 5) is 4.39. The van der Waals surface area contributed by atoms with Gasteiger partial charge in [0.25, 0.3) is 0 Å². The monoisotopic (exact) mass is 238 g/mol. The second-order valence-corrected chi connectivity index (χ2v) is 4.16. The molecule has 2 heterocycles. The molecule has 16 heavy (non-hydrogen) atoms. The summed E-state index contributed by atoms with van der Waals surface area (Å²) in [5, 5.41) is 3.89. The standard InChI is InChI=1S/C11H11ClN2O2/c12-7-1-2-8-9(5-7)16-11(14-8)10-6-13-3-4-15-10/h1-2,5,10,13H,3-4,6H2. The number of benzene rings is 1. The first-order valence-corrected chi connectivity index (χ1v) is 5.59. The van der Waals surface area contributed by atoms with Gasteiger partial charge in [-0.15, -0.1) is 0 Å². The Morgan fingerprint density at radius 2 is 2.38 bits per heavy atom. The zero-order chi connectivity index (χ0) is 11.0. The number of rotatable bonds is 1. The lowest BCUT2D eigenvalue weighted by atomic mass is 10.3. The van der Waals surface area contributed by atoms with Crippen molar-refractivity contribution in [2.24, 2.45) is 0 Å². The van der Waals surface area contributed by atoms with E-state index in [9.17, 15) is 0 Å². The van der Waals surface area contributed by atoms with Crippen LogP contribution in [0.1, 0.15) is 12.0 Å². The molecule has 0 saturated carbocycles. The molecule has 1 aromatic heterocycles. The molecule has 1 atom stereocenters. The zero-order valence-corrected chi connectivity index (χ0v) is 9.33. The van der Waals surface area contributed by atoms with E-state index >= 15 is 0 Å². The van der Waals surface area contributed by atoms with Gasteiger partial charge in [-0.25, -0.2) is 4.98 Å². The van der Waals surface area contributed by atoms with Crippen molar-refractivity contribution in [1.82, 2.24) is 10.3 Å². The first-order valence-electron chi connectivity index (χ1n) is 5.21. The Morgan fingerprint density at radius 1 is 1.44 bits per heavy atom. The van der Waals surface area contributed by atoms with Crippen LogP contribution >= 0.6 is 11.6 Å². The van der Waals surface area contributed by atoms with Gasteiger partial charge in [-0.2, -0.15) is 0 Å². The van der Waals surface area contributed by atoms with Gasteiger partial charge in [0.05, 0.1) is 6.61 Å². The van der Waals surface area contributed by atoms with Crippen molar-refractivity contribution < 1.29 is 9.15 Å². The van der Waals surface area contributed by atoms with Gasteiger partial charge in [-0.05, 0) is 12.1 Å². The molecular formula is C11H11ClN2O2. The molecule has 0 amide bonds. The lowest BCUT2D eigenvalue weighted by molar-refractivity contribution is 0.0118. The van der Waals surface area contributed by atoms with Gasteiger partial charge in [0.15, 0.2) is 5.58 Å². The van der Waals surface area contributed by atoms with Crippen LogP contribution in [0.3, 0.4) is 0 Å². The Labute approximate surface area is 97.5 Å². The fraction of sp³-hybridized carbons (Fsp3) is 0.364. The van der Waals surface area contributed by atoms with Crippen LogP contribution in [0.2, 0.25) is 5.02 Å². The van der Waals surface area contributed by atoms with Crippen molar-refractivity contribution in [1.29, 1.82) is 0 Å². The van der Waals surface area contributed by atoms with E-state index in [2.05, 4.69) is 10.3 Å². The minimum atomic E-state index is -0.0973. The van der Waals surface area contributed by atoms with Crippen LogP contribution in [0.15, 0.2) is 22.6 Å². The Balaban J connectivity index is 1.97. The van der Waals surface area contributed by atoms with E-state index in [0.29, 0.717) is 23.1 Å². The number of hydrogen-bond donors (Lipinski definition) is 1. The number of nitrogens with zero attached hydrogens (tertiary/aromatic N) is 1. The summed E-state index contributed by atoms with van der Waals surface area (Å²) in [5.41, 5.74) is 1.52. The molecule has 0 spiro atoms. The minimum absolute atomic E-state index is 0.0973. The van der Waals surface area contributed by atoms with Crippen molar-refractivity contribution in [2.45, 2.75) is 6.10 Å². The maximum Gasteiger partial charge on any atom is 0.225 e. The van der Waals surface area contributed by atoms with Gasteiger partial charge in [0.1, 0.15) is 11.6 Å². The third kappa shape index (κ3) is 1.80. The molecule has 1 N–H and O–H groups in total. The van der Waals surface area contributed by atoms with Crippen LogP contribution in [-0.2, 0) is 4.74 Å². The highest BCUT2D eigenvalue weighted by Crippen LogP contribution is 2.25. The van der Waals surface area contributed by atoms with E-state index < -0.39 is 0 Å². The first kappa shape index (κ1) is 10.1. The summed E-state index contributed by atoms with van der Waals surface area (Å²) in [7, 11) is 0. The van der Waals surface area contributed by atoms with Crippen LogP contribution in [0.5, 0.6) is 0 Å². The van der Waals surface area contributed by atoms with Crippen molar-refractivity contribution in [2.75, 3.05) is 19.7 Å². The van der Waals surface area contributed by atoms with E-state index in [1.165, 1.54) is 0 Å². The molecule has 0 radical (unpaired) electrons. The lowest BCUT2D eigenvalue weighted by Crippen LogP contribution is -2.33. The SMILES string of the molecule is Clc1ccc2nc(C3CNCCO3)oc2c1. The molecule has 1 saturated heterocycles. The second kappa shape index (κ2) is 4.05. The summed E-state index contributed by atoms with van der Waals surface area (Å²) >= 11 is 5.88. The third-order valence-corrected chi connectivity index (χ3v) is 2.81. The molecule has 1 unspecified atom stereocenters. The third-order valence-electron chi connectivity index (χ3n) is 2.57. The second-order valence-electron chi connectivity index (χ2n) is 3.73. The molecule has 1 aliphatic heterocycles.